The van der Waals surface area contributed by atoms with Crippen LogP contribution in [-0.4, -0.2) is 92.8 Å². The first-order chi connectivity index (χ1) is 15.5. The third-order valence-corrected chi connectivity index (χ3v) is 11.4. The fourth-order valence-electron chi connectivity index (χ4n) is 3.83. The Bertz CT molecular complexity index is 538. The highest BCUT2D eigenvalue weighted by atomic mass is 28.4. The Hall–Kier alpha value is -0.636. The van der Waals surface area contributed by atoms with Gasteiger partial charge >= 0.3 is 17.6 Å². The standard InChI is InChI=1S/C21H45N3O6Si2/c1-7-28-32(29-8-2,30-9-3)20-12-17-23(14-10-15-24-18-13-22-21-24)16-11-19-31(25-4,26-5)27-6/h13,18,21H,7-12,14-17,19-20H2,1-6H3. The molecule has 0 amide bonds. The normalized spacial score (nSPS) is 12.7. The van der Waals surface area contributed by atoms with Gasteiger partial charge in [-0.3, -0.25) is 0 Å². The monoisotopic (exact) mass is 491 g/mol. The zero-order chi connectivity index (χ0) is 23.7. The minimum absolute atomic E-state index is 0.610. The zero-order valence-electron chi connectivity index (χ0n) is 21.0. The molecule has 1 aromatic heterocycles. The molecule has 11 heteroatoms. The van der Waals surface area contributed by atoms with Gasteiger partial charge in [-0.05, 0) is 59.7 Å². The van der Waals surface area contributed by atoms with Crippen LogP contribution in [0, 0.1) is 0 Å². The molecular formula is C21H45N3O6Si2. The Morgan fingerprint density at radius 1 is 0.750 bits per heavy atom. The van der Waals surface area contributed by atoms with Gasteiger partial charge in [0.05, 0.1) is 6.33 Å². The maximum absolute atomic E-state index is 6.01. The van der Waals surface area contributed by atoms with Gasteiger partial charge in [0.15, 0.2) is 0 Å². The second-order valence-electron chi connectivity index (χ2n) is 7.48. The van der Waals surface area contributed by atoms with Gasteiger partial charge in [0.2, 0.25) is 0 Å². The number of aromatic nitrogens is 2. The van der Waals surface area contributed by atoms with E-state index in [4.69, 9.17) is 26.6 Å². The summed E-state index contributed by atoms with van der Waals surface area (Å²) < 4.78 is 36.9. The summed E-state index contributed by atoms with van der Waals surface area (Å²) in [6.07, 6.45) is 8.68. The van der Waals surface area contributed by atoms with Gasteiger partial charge in [-0.25, -0.2) is 4.98 Å². The van der Waals surface area contributed by atoms with E-state index < -0.39 is 17.6 Å². The van der Waals surface area contributed by atoms with E-state index in [-0.39, 0.29) is 0 Å². The van der Waals surface area contributed by atoms with E-state index in [0.717, 1.165) is 57.5 Å². The Morgan fingerprint density at radius 3 is 1.69 bits per heavy atom. The van der Waals surface area contributed by atoms with Crippen molar-refractivity contribution in [3.63, 3.8) is 0 Å². The molecular weight excluding hydrogens is 446 g/mol. The molecule has 9 nitrogen and oxygen atoms in total. The summed E-state index contributed by atoms with van der Waals surface area (Å²) in [5, 5.41) is 0. The highest BCUT2D eigenvalue weighted by Crippen LogP contribution is 2.20. The molecule has 0 unspecified atom stereocenters. The van der Waals surface area contributed by atoms with E-state index in [0.29, 0.717) is 19.8 Å². The summed E-state index contributed by atoms with van der Waals surface area (Å²) in [4.78, 5) is 6.63. The second-order valence-corrected chi connectivity index (χ2v) is 13.3. The summed E-state index contributed by atoms with van der Waals surface area (Å²) >= 11 is 0. The van der Waals surface area contributed by atoms with E-state index in [9.17, 15) is 0 Å². The van der Waals surface area contributed by atoms with Gasteiger partial charge in [-0.2, -0.15) is 0 Å². The molecule has 0 saturated heterocycles. The van der Waals surface area contributed by atoms with E-state index in [1.807, 2.05) is 39.5 Å². The quantitative estimate of drug-likeness (QED) is 0.243. The minimum atomic E-state index is -2.61. The van der Waals surface area contributed by atoms with Gasteiger partial charge in [0, 0.05) is 72.2 Å². The Balaban J connectivity index is 2.65. The molecule has 0 radical (unpaired) electrons. The maximum Gasteiger partial charge on any atom is 0.500 e. The van der Waals surface area contributed by atoms with Crippen molar-refractivity contribution in [2.45, 2.75) is 58.7 Å². The lowest BCUT2D eigenvalue weighted by Crippen LogP contribution is -2.46. The molecule has 0 aromatic carbocycles. The van der Waals surface area contributed by atoms with Gasteiger partial charge in [-0.1, -0.05) is 0 Å². The van der Waals surface area contributed by atoms with Crippen molar-refractivity contribution in [3.05, 3.63) is 18.7 Å². The Morgan fingerprint density at radius 2 is 1.25 bits per heavy atom. The van der Waals surface area contributed by atoms with Crippen molar-refractivity contribution in [1.82, 2.24) is 14.5 Å². The lowest BCUT2D eigenvalue weighted by molar-refractivity contribution is 0.0698. The van der Waals surface area contributed by atoms with Crippen LogP contribution in [0.2, 0.25) is 12.1 Å². The zero-order valence-corrected chi connectivity index (χ0v) is 23.0. The molecule has 0 aliphatic heterocycles. The molecule has 1 rings (SSSR count). The summed E-state index contributed by atoms with van der Waals surface area (Å²) in [5.74, 6) is 0. The van der Waals surface area contributed by atoms with Crippen molar-refractivity contribution in [2.24, 2.45) is 0 Å². The van der Waals surface area contributed by atoms with Crippen LogP contribution in [0.4, 0.5) is 0 Å². The van der Waals surface area contributed by atoms with Crippen LogP contribution in [0.25, 0.3) is 0 Å². The molecule has 32 heavy (non-hydrogen) atoms. The van der Waals surface area contributed by atoms with Gasteiger partial charge < -0.3 is 36.0 Å². The second kappa shape index (κ2) is 16.9. The minimum Gasteiger partial charge on any atom is -0.377 e. The molecule has 0 bridgehead atoms. The predicted molar refractivity (Wildman–Crippen MR) is 130 cm³/mol. The predicted octanol–water partition coefficient (Wildman–Crippen LogP) is 3.28. The molecule has 0 saturated carbocycles. The number of hydrogen-bond donors (Lipinski definition) is 0. The van der Waals surface area contributed by atoms with E-state index in [2.05, 4.69) is 14.5 Å². The number of nitrogens with zero attached hydrogens (tertiary/aromatic N) is 3. The Kier molecular flexibility index (Phi) is 15.5. The summed E-state index contributed by atoms with van der Waals surface area (Å²) in [6.45, 7) is 11.7. The summed E-state index contributed by atoms with van der Waals surface area (Å²) in [7, 11) is -0.148. The average molecular weight is 492 g/mol. The molecule has 188 valence electrons. The third kappa shape index (κ3) is 10.5. The van der Waals surface area contributed by atoms with Crippen LogP contribution in [0.1, 0.15) is 40.0 Å². The van der Waals surface area contributed by atoms with Crippen molar-refractivity contribution < 1.29 is 26.6 Å². The number of aryl methyl sites for hydroxylation is 1. The van der Waals surface area contributed by atoms with Crippen LogP contribution in [0.5, 0.6) is 0 Å². The topological polar surface area (TPSA) is 76.4 Å². The van der Waals surface area contributed by atoms with Gasteiger partial charge in [0.25, 0.3) is 0 Å². The van der Waals surface area contributed by atoms with Gasteiger partial charge in [-0.15, -0.1) is 0 Å². The number of hydrogen-bond acceptors (Lipinski definition) is 8. The first-order valence-corrected chi connectivity index (χ1v) is 15.6. The molecule has 1 heterocycles. The SMILES string of the molecule is CCO[Si](CCCN(CCCn1ccnc1)CCC[Si](OC)(OC)OC)(OCC)OCC. The maximum atomic E-state index is 6.01. The van der Waals surface area contributed by atoms with Crippen molar-refractivity contribution in [3.8, 4) is 0 Å². The van der Waals surface area contributed by atoms with E-state index >= 15 is 0 Å². The smallest absolute Gasteiger partial charge is 0.377 e. The highest BCUT2D eigenvalue weighted by Gasteiger charge is 2.40. The van der Waals surface area contributed by atoms with Crippen LogP contribution in [0.15, 0.2) is 18.7 Å². The van der Waals surface area contributed by atoms with Crippen molar-refractivity contribution in [1.29, 1.82) is 0 Å². The number of imidazole rings is 1. The molecule has 0 aliphatic carbocycles. The van der Waals surface area contributed by atoms with Crippen LogP contribution < -0.4 is 0 Å². The highest BCUT2D eigenvalue weighted by molar-refractivity contribution is 6.61. The van der Waals surface area contributed by atoms with Gasteiger partial charge in [0.1, 0.15) is 0 Å². The molecule has 1 aromatic rings. The fourth-order valence-corrected chi connectivity index (χ4v) is 8.12. The summed E-state index contributed by atoms with van der Waals surface area (Å²) in [5.41, 5.74) is 0. The molecule has 0 fully saturated rings. The van der Waals surface area contributed by atoms with Crippen molar-refractivity contribution >= 4 is 17.6 Å². The first kappa shape index (κ1) is 29.4. The van der Waals surface area contributed by atoms with E-state index in [1.165, 1.54) is 0 Å². The first-order valence-electron chi connectivity index (χ1n) is 11.8. The van der Waals surface area contributed by atoms with Crippen LogP contribution in [0.3, 0.4) is 0 Å². The molecule has 0 aliphatic rings. The third-order valence-electron chi connectivity index (χ3n) is 5.39. The number of rotatable bonds is 21. The van der Waals surface area contributed by atoms with E-state index in [1.54, 1.807) is 21.3 Å². The lowest BCUT2D eigenvalue weighted by atomic mass is 10.3. The fraction of sp³-hybridized carbons (Fsp3) is 0.857. The van der Waals surface area contributed by atoms with Crippen LogP contribution in [-0.2, 0) is 33.1 Å². The average Bonchev–Trinajstić information content (AvgIpc) is 3.31. The lowest BCUT2D eigenvalue weighted by Gasteiger charge is -2.30. The molecule has 0 spiro atoms. The summed E-state index contributed by atoms with van der Waals surface area (Å²) in [6, 6.07) is 1.62. The Labute approximate surface area is 197 Å². The molecule has 0 atom stereocenters. The largest absolute Gasteiger partial charge is 0.500 e. The molecule has 0 N–H and O–H groups in total. The van der Waals surface area contributed by atoms with Crippen molar-refractivity contribution in [2.75, 3.05) is 60.8 Å². The van der Waals surface area contributed by atoms with Crippen LogP contribution >= 0.6 is 0 Å².